The fourth-order valence-corrected chi connectivity index (χ4v) is 1.83. The van der Waals surface area contributed by atoms with Crippen molar-refractivity contribution >= 4 is 17.7 Å². The molecule has 14 heavy (non-hydrogen) atoms. The highest BCUT2D eigenvalue weighted by Gasteiger charge is 2.06. The summed E-state index contributed by atoms with van der Waals surface area (Å²) < 4.78 is 1.76. The summed E-state index contributed by atoms with van der Waals surface area (Å²) in [5, 5.41) is 8.54. The Balaban J connectivity index is 2.23. The summed E-state index contributed by atoms with van der Waals surface area (Å²) in [5.74, 6) is 0.434. The van der Waals surface area contributed by atoms with Crippen molar-refractivity contribution in [2.75, 3.05) is 5.73 Å². The number of anilines is 1. The minimum absolute atomic E-state index is 0.434. The highest BCUT2D eigenvalue weighted by atomic mass is 32.2. The Morgan fingerprint density at radius 2 is 1.93 bits per heavy atom. The van der Waals surface area contributed by atoms with Crippen LogP contribution in [0.4, 0.5) is 5.95 Å². The molecule has 0 saturated carbocycles. The van der Waals surface area contributed by atoms with Crippen LogP contribution in [0.25, 0.3) is 0 Å². The zero-order valence-corrected chi connectivity index (χ0v) is 8.53. The molecule has 0 saturated heterocycles. The van der Waals surface area contributed by atoms with Gasteiger partial charge in [-0.05, 0) is 23.9 Å². The second-order valence-corrected chi connectivity index (χ2v) is 3.86. The Hall–Kier alpha value is -1.49. The number of hydrogen-bond donors (Lipinski definition) is 1. The molecule has 1 heterocycles. The number of benzene rings is 1. The molecule has 0 aliphatic rings. The van der Waals surface area contributed by atoms with Crippen LogP contribution in [0.1, 0.15) is 0 Å². The summed E-state index contributed by atoms with van der Waals surface area (Å²) in [6, 6.07) is 10.0. The highest BCUT2D eigenvalue weighted by Crippen LogP contribution is 2.25. The Kier molecular flexibility index (Phi) is 2.41. The average molecular weight is 206 g/mol. The van der Waals surface area contributed by atoms with Gasteiger partial charge in [-0.2, -0.15) is 0 Å². The third-order valence-corrected chi connectivity index (χ3v) is 2.87. The molecule has 2 aromatic rings. The van der Waals surface area contributed by atoms with Crippen molar-refractivity contribution in [1.82, 2.24) is 14.8 Å². The monoisotopic (exact) mass is 206 g/mol. The lowest BCUT2D eigenvalue weighted by Crippen LogP contribution is -1.97. The van der Waals surface area contributed by atoms with Crippen molar-refractivity contribution in [3.63, 3.8) is 0 Å². The molecule has 2 N–H and O–H groups in total. The van der Waals surface area contributed by atoms with Gasteiger partial charge in [0, 0.05) is 11.9 Å². The third-order valence-electron chi connectivity index (χ3n) is 1.82. The molecule has 0 unspecified atom stereocenters. The molecule has 0 aliphatic heterocycles. The molecule has 0 atom stereocenters. The second kappa shape index (κ2) is 3.71. The first-order valence-electron chi connectivity index (χ1n) is 4.15. The maximum Gasteiger partial charge on any atom is 0.222 e. The lowest BCUT2D eigenvalue weighted by Gasteiger charge is -1.99. The molecule has 0 aliphatic carbocycles. The fraction of sp³-hybridized carbons (Fsp3) is 0.111. The minimum atomic E-state index is 0.434. The third kappa shape index (κ3) is 1.72. The summed E-state index contributed by atoms with van der Waals surface area (Å²) in [6.45, 7) is 0. The number of nitrogen functional groups attached to an aromatic ring is 1. The number of nitrogens with zero attached hydrogens (tertiary/aromatic N) is 3. The van der Waals surface area contributed by atoms with E-state index in [0.29, 0.717) is 5.95 Å². The van der Waals surface area contributed by atoms with E-state index in [1.54, 1.807) is 16.3 Å². The Bertz CT molecular complexity index is 424. The van der Waals surface area contributed by atoms with Gasteiger partial charge in [-0.25, -0.2) is 0 Å². The van der Waals surface area contributed by atoms with Crippen LogP contribution in [0.2, 0.25) is 0 Å². The van der Waals surface area contributed by atoms with Crippen LogP contribution in [-0.4, -0.2) is 14.8 Å². The molecule has 5 heteroatoms. The summed E-state index contributed by atoms with van der Waals surface area (Å²) in [7, 11) is 1.85. The van der Waals surface area contributed by atoms with E-state index in [0.717, 1.165) is 10.1 Å². The molecule has 0 fully saturated rings. The fourth-order valence-electron chi connectivity index (χ4n) is 1.01. The smallest absolute Gasteiger partial charge is 0.222 e. The van der Waals surface area contributed by atoms with Crippen molar-refractivity contribution in [1.29, 1.82) is 0 Å². The van der Waals surface area contributed by atoms with E-state index in [1.807, 2.05) is 37.4 Å². The normalized spacial score (nSPS) is 10.4. The largest absolute Gasteiger partial charge is 0.368 e. The maximum absolute atomic E-state index is 5.57. The molecule has 72 valence electrons. The molecule has 2 rings (SSSR count). The standard InChI is InChI=1S/C9H10N4S/c1-13-8(10)11-12-9(13)14-7-5-3-2-4-6-7/h2-6H,1H3,(H2,10,11). The number of rotatable bonds is 2. The van der Waals surface area contributed by atoms with Crippen LogP contribution >= 0.6 is 11.8 Å². The first kappa shape index (κ1) is 9.08. The zero-order valence-electron chi connectivity index (χ0n) is 7.71. The van der Waals surface area contributed by atoms with Crippen LogP contribution in [0.15, 0.2) is 40.4 Å². The van der Waals surface area contributed by atoms with Gasteiger partial charge in [0.05, 0.1) is 0 Å². The van der Waals surface area contributed by atoms with Gasteiger partial charge in [0.2, 0.25) is 5.95 Å². The van der Waals surface area contributed by atoms with Gasteiger partial charge in [-0.15, -0.1) is 10.2 Å². The zero-order chi connectivity index (χ0) is 9.97. The predicted molar refractivity (Wildman–Crippen MR) is 56.0 cm³/mol. The molecule has 1 aromatic carbocycles. The van der Waals surface area contributed by atoms with Gasteiger partial charge in [0.1, 0.15) is 0 Å². The Labute approximate surface area is 86.1 Å². The summed E-state index contributed by atoms with van der Waals surface area (Å²) in [4.78, 5) is 1.13. The van der Waals surface area contributed by atoms with Gasteiger partial charge in [0.15, 0.2) is 5.16 Å². The van der Waals surface area contributed by atoms with Crippen LogP contribution in [0.3, 0.4) is 0 Å². The molecule has 0 spiro atoms. The van der Waals surface area contributed by atoms with Crippen LogP contribution in [0, 0.1) is 0 Å². The molecule has 0 amide bonds. The van der Waals surface area contributed by atoms with Crippen LogP contribution in [0.5, 0.6) is 0 Å². The predicted octanol–water partition coefficient (Wildman–Crippen LogP) is 1.55. The van der Waals surface area contributed by atoms with E-state index in [1.165, 1.54) is 0 Å². The molecule has 0 radical (unpaired) electrons. The van der Waals surface area contributed by atoms with Crippen molar-refractivity contribution in [3.05, 3.63) is 30.3 Å². The average Bonchev–Trinajstić information content (AvgIpc) is 2.52. The van der Waals surface area contributed by atoms with Gasteiger partial charge in [-0.1, -0.05) is 18.2 Å². The Morgan fingerprint density at radius 1 is 1.21 bits per heavy atom. The Morgan fingerprint density at radius 3 is 2.50 bits per heavy atom. The molecule has 4 nitrogen and oxygen atoms in total. The van der Waals surface area contributed by atoms with Crippen molar-refractivity contribution in [3.8, 4) is 0 Å². The molecular weight excluding hydrogens is 196 g/mol. The van der Waals surface area contributed by atoms with E-state index in [9.17, 15) is 0 Å². The van der Waals surface area contributed by atoms with Gasteiger partial charge >= 0.3 is 0 Å². The van der Waals surface area contributed by atoms with Gasteiger partial charge in [0.25, 0.3) is 0 Å². The minimum Gasteiger partial charge on any atom is -0.368 e. The van der Waals surface area contributed by atoms with E-state index in [2.05, 4.69) is 10.2 Å². The van der Waals surface area contributed by atoms with Crippen molar-refractivity contribution < 1.29 is 0 Å². The highest BCUT2D eigenvalue weighted by molar-refractivity contribution is 7.99. The SMILES string of the molecule is Cn1c(N)nnc1Sc1ccccc1. The second-order valence-electron chi connectivity index (χ2n) is 2.81. The lowest BCUT2D eigenvalue weighted by atomic mass is 10.4. The van der Waals surface area contributed by atoms with E-state index in [4.69, 9.17) is 5.73 Å². The van der Waals surface area contributed by atoms with E-state index < -0.39 is 0 Å². The number of nitrogens with two attached hydrogens (primary N) is 1. The molecule has 1 aromatic heterocycles. The first-order valence-corrected chi connectivity index (χ1v) is 4.97. The number of hydrogen-bond acceptors (Lipinski definition) is 4. The summed E-state index contributed by atoms with van der Waals surface area (Å²) >= 11 is 1.54. The van der Waals surface area contributed by atoms with E-state index in [-0.39, 0.29) is 0 Å². The van der Waals surface area contributed by atoms with Crippen molar-refractivity contribution in [2.45, 2.75) is 10.1 Å². The topological polar surface area (TPSA) is 56.7 Å². The van der Waals surface area contributed by atoms with Gasteiger partial charge < -0.3 is 5.73 Å². The maximum atomic E-state index is 5.57. The van der Waals surface area contributed by atoms with E-state index >= 15 is 0 Å². The molecular formula is C9H10N4S. The van der Waals surface area contributed by atoms with Gasteiger partial charge in [-0.3, -0.25) is 4.57 Å². The molecule has 0 bridgehead atoms. The summed E-state index contributed by atoms with van der Waals surface area (Å²) in [5.41, 5.74) is 5.57. The lowest BCUT2D eigenvalue weighted by molar-refractivity contribution is 0.796. The first-order chi connectivity index (χ1) is 6.77. The van der Waals surface area contributed by atoms with Crippen LogP contribution in [-0.2, 0) is 7.05 Å². The number of aromatic nitrogens is 3. The van der Waals surface area contributed by atoms with Crippen molar-refractivity contribution in [2.24, 2.45) is 7.05 Å². The summed E-state index contributed by atoms with van der Waals surface area (Å²) in [6.07, 6.45) is 0. The van der Waals surface area contributed by atoms with Crippen LogP contribution < -0.4 is 5.73 Å². The quantitative estimate of drug-likeness (QED) is 0.810.